The fourth-order valence-corrected chi connectivity index (χ4v) is 2.06. The quantitative estimate of drug-likeness (QED) is 0.848. The molecule has 1 aromatic heterocycles. The third-order valence-electron chi connectivity index (χ3n) is 2.28. The Kier molecular flexibility index (Phi) is 3.21. The standard InChI is InChI=1S/C11H9BrClNO2/c1-15-7-3-4-8(16-2)11-9(7)10(13)6(12)5-14-11/h3-5H,1-2H3. The summed E-state index contributed by atoms with van der Waals surface area (Å²) in [6.07, 6.45) is 1.65. The number of rotatable bonds is 2. The highest BCUT2D eigenvalue weighted by molar-refractivity contribution is 9.10. The van der Waals surface area contributed by atoms with E-state index in [2.05, 4.69) is 20.9 Å². The van der Waals surface area contributed by atoms with Gasteiger partial charge in [0.05, 0.1) is 29.1 Å². The average Bonchev–Trinajstić information content (AvgIpc) is 2.32. The van der Waals surface area contributed by atoms with Gasteiger partial charge < -0.3 is 9.47 Å². The lowest BCUT2D eigenvalue weighted by atomic mass is 10.2. The Hall–Kier alpha value is -1.00. The maximum Gasteiger partial charge on any atom is 0.145 e. The second kappa shape index (κ2) is 4.47. The van der Waals surface area contributed by atoms with E-state index in [1.807, 2.05) is 0 Å². The minimum atomic E-state index is 0.570. The predicted octanol–water partition coefficient (Wildman–Crippen LogP) is 3.67. The molecule has 2 rings (SSSR count). The number of pyridine rings is 1. The summed E-state index contributed by atoms with van der Waals surface area (Å²) < 4.78 is 11.2. The maximum absolute atomic E-state index is 6.22. The average molecular weight is 303 g/mol. The fourth-order valence-electron chi connectivity index (χ4n) is 1.53. The van der Waals surface area contributed by atoms with Gasteiger partial charge >= 0.3 is 0 Å². The molecule has 0 bridgehead atoms. The molecule has 2 aromatic rings. The Labute approximate surface area is 106 Å². The lowest BCUT2D eigenvalue weighted by Gasteiger charge is -2.10. The van der Waals surface area contributed by atoms with Crippen molar-refractivity contribution in [3.05, 3.63) is 27.8 Å². The van der Waals surface area contributed by atoms with E-state index in [-0.39, 0.29) is 0 Å². The normalized spacial score (nSPS) is 10.5. The SMILES string of the molecule is COc1ccc(OC)c2c(Cl)c(Br)cnc12. The lowest BCUT2D eigenvalue weighted by molar-refractivity contribution is 0.410. The van der Waals surface area contributed by atoms with Crippen LogP contribution in [0, 0.1) is 0 Å². The molecule has 0 atom stereocenters. The Morgan fingerprint density at radius 1 is 1.19 bits per heavy atom. The third kappa shape index (κ3) is 1.72. The Morgan fingerprint density at radius 3 is 2.44 bits per heavy atom. The van der Waals surface area contributed by atoms with Gasteiger partial charge in [0.25, 0.3) is 0 Å². The molecule has 0 fully saturated rings. The zero-order valence-corrected chi connectivity index (χ0v) is 11.1. The van der Waals surface area contributed by atoms with E-state index in [1.165, 1.54) is 0 Å². The molecule has 0 N–H and O–H groups in total. The first-order valence-corrected chi connectivity index (χ1v) is 5.70. The Morgan fingerprint density at radius 2 is 1.81 bits per heavy atom. The molecular weight excluding hydrogens is 293 g/mol. The molecule has 0 saturated carbocycles. The maximum atomic E-state index is 6.22. The number of ether oxygens (including phenoxy) is 2. The van der Waals surface area contributed by atoms with E-state index in [9.17, 15) is 0 Å². The molecule has 0 spiro atoms. The number of hydrogen-bond acceptors (Lipinski definition) is 3. The van der Waals surface area contributed by atoms with Crippen LogP contribution >= 0.6 is 27.5 Å². The van der Waals surface area contributed by atoms with E-state index in [4.69, 9.17) is 21.1 Å². The summed E-state index contributed by atoms with van der Waals surface area (Å²) in [4.78, 5) is 4.28. The van der Waals surface area contributed by atoms with E-state index >= 15 is 0 Å². The van der Waals surface area contributed by atoms with Crippen LogP contribution in [0.25, 0.3) is 10.9 Å². The molecule has 0 saturated heterocycles. The van der Waals surface area contributed by atoms with Gasteiger partial charge in [0.15, 0.2) is 0 Å². The first-order valence-electron chi connectivity index (χ1n) is 4.53. The second-order valence-corrected chi connectivity index (χ2v) is 4.35. The summed E-state index contributed by atoms with van der Waals surface area (Å²) in [5.41, 5.74) is 0.690. The minimum absolute atomic E-state index is 0.570. The zero-order chi connectivity index (χ0) is 11.7. The van der Waals surface area contributed by atoms with E-state index in [0.29, 0.717) is 22.0 Å². The molecule has 0 aliphatic heterocycles. The minimum Gasteiger partial charge on any atom is -0.496 e. The molecule has 0 aliphatic rings. The van der Waals surface area contributed by atoms with Crippen LogP contribution in [-0.4, -0.2) is 19.2 Å². The van der Waals surface area contributed by atoms with Gasteiger partial charge in [0.2, 0.25) is 0 Å². The summed E-state index contributed by atoms with van der Waals surface area (Å²) in [7, 11) is 3.19. The van der Waals surface area contributed by atoms with Crippen LogP contribution in [0.15, 0.2) is 22.8 Å². The highest BCUT2D eigenvalue weighted by Gasteiger charge is 2.13. The number of benzene rings is 1. The largest absolute Gasteiger partial charge is 0.496 e. The van der Waals surface area contributed by atoms with Crippen molar-refractivity contribution in [3.8, 4) is 11.5 Å². The van der Waals surface area contributed by atoms with Gasteiger partial charge in [-0.3, -0.25) is 4.98 Å². The van der Waals surface area contributed by atoms with Crippen molar-refractivity contribution in [2.24, 2.45) is 0 Å². The summed E-state index contributed by atoms with van der Waals surface area (Å²) >= 11 is 9.55. The van der Waals surface area contributed by atoms with Crippen LogP contribution in [0.3, 0.4) is 0 Å². The van der Waals surface area contributed by atoms with Crippen LogP contribution in [0.4, 0.5) is 0 Å². The van der Waals surface area contributed by atoms with Gasteiger partial charge in [0.1, 0.15) is 17.0 Å². The molecule has 16 heavy (non-hydrogen) atoms. The number of methoxy groups -OCH3 is 2. The lowest BCUT2D eigenvalue weighted by Crippen LogP contribution is -1.92. The second-order valence-electron chi connectivity index (χ2n) is 3.11. The summed E-state index contributed by atoms with van der Waals surface area (Å²) in [5, 5.41) is 1.32. The molecular formula is C11H9BrClNO2. The smallest absolute Gasteiger partial charge is 0.145 e. The number of nitrogens with zero attached hydrogens (tertiary/aromatic N) is 1. The summed E-state index contributed by atoms with van der Waals surface area (Å²) in [5.74, 6) is 1.35. The summed E-state index contributed by atoms with van der Waals surface area (Å²) in [6, 6.07) is 3.61. The van der Waals surface area contributed by atoms with Gasteiger partial charge in [0, 0.05) is 6.20 Å². The van der Waals surface area contributed by atoms with E-state index in [1.54, 1.807) is 32.5 Å². The van der Waals surface area contributed by atoms with Crippen LogP contribution in [0.2, 0.25) is 5.02 Å². The highest BCUT2D eigenvalue weighted by atomic mass is 79.9. The molecule has 1 aromatic carbocycles. The van der Waals surface area contributed by atoms with Crippen molar-refractivity contribution in [2.75, 3.05) is 14.2 Å². The van der Waals surface area contributed by atoms with Crippen molar-refractivity contribution >= 4 is 38.4 Å². The molecule has 5 heteroatoms. The van der Waals surface area contributed by atoms with Crippen LogP contribution in [-0.2, 0) is 0 Å². The van der Waals surface area contributed by atoms with Crippen LogP contribution < -0.4 is 9.47 Å². The predicted molar refractivity (Wildman–Crippen MR) is 67.6 cm³/mol. The number of halogens is 2. The van der Waals surface area contributed by atoms with Gasteiger partial charge in [-0.15, -0.1) is 0 Å². The first kappa shape index (κ1) is 11.5. The number of aromatic nitrogens is 1. The van der Waals surface area contributed by atoms with Gasteiger partial charge in [-0.1, -0.05) is 11.6 Å². The number of hydrogen-bond donors (Lipinski definition) is 0. The van der Waals surface area contributed by atoms with Crippen LogP contribution in [0.1, 0.15) is 0 Å². The summed E-state index contributed by atoms with van der Waals surface area (Å²) in [6.45, 7) is 0. The van der Waals surface area contributed by atoms with Crippen molar-refractivity contribution in [2.45, 2.75) is 0 Å². The number of fused-ring (bicyclic) bond motifs is 1. The van der Waals surface area contributed by atoms with Crippen LogP contribution in [0.5, 0.6) is 11.5 Å². The van der Waals surface area contributed by atoms with Crippen molar-refractivity contribution in [1.29, 1.82) is 0 Å². The molecule has 0 radical (unpaired) electrons. The molecule has 3 nitrogen and oxygen atoms in total. The third-order valence-corrected chi connectivity index (χ3v) is 3.50. The molecule has 0 unspecified atom stereocenters. The Bertz CT molecular complexity index is 545. The molecule has 1 heterocycles. The van der Waals surface area contributed by atoms with Crippen molar-refractivity contribution in [3.63, 3.8) is 0 Å². The topological polar surface area (TPSA) is 31.4 Å². The zero-order valence-electron chi connectivity index (χ0n) is 8.75. The van der Waals surface area contributed by atoms with Gasteiger partial charge in [-0.25, -0.2) is 0 Å². The highest BCUT2D eigenvalue weighted by Crippen LogP contribution is 2.39. The molecule has 84 valence electrons. The monoisotopic (exact) mass is 301 g/mol. The van der Waals surface area contributed by atoms with Crippen molar-refractivity contribution < 1.29 is 9.47 Å². The molecule has 0 amide bonds. The van der Waals surface area contributed by atoms with Gasteiger partial charge in [-0.2, -0.15) is 0 Å². The van der Waals surface area contributed by atoms with E-state index < -0.39 is 0 Å². The van der Waals surface area contributed by atoms with Crippen molar-refractivity contribution in [1.82, 2.24) is 4.98 Å². The molecule has 0 aliphatic carbocycles. The van der Waals surface area contributed by atoms with E-state index in [0.717, 1.165) is 9.86 Å². The first-order chi connectivity index (χ1) is 7.69. The Balaban J connectivity index is 2.90. The fraction of sp³-hybridized carbons (Fsp3) is 0.182. The van der Waals surface area contributed by atoms with Gasteiger partial charge in [-0.05, 0) is 28.1 Å².